The quantitative estimate of drug-likeness (QED) is 0.833. The molecule has 0 saturated heterocycles. The van der Waals surface area contributed by atoms with E-state index in [4.69, 9.17) is 0 Å². The van der Waals surface area contributed by atoms with Crippen LogP contribution in [-0.2, 0) is 0 Å². The molecule has 0 aliphatic carbocycles. The normalized spacial score (nSPS) is 14.4. The van der Waals surface area contributed by atoms with Crippen LogP contribution < -0.4 is 5.32 Å². The van der Waals surface area contributed by atoms with Gasteiger partial charge < -0.3 is 5.32 Å². The fraction of sp³-hybridized carbons (Fsp3) is 0.375. The largest absolute Gasteiger partial charge is 0.303 e. The molecule has 0 fully saturated rings. The van der Waals surface area contributed by atoms with Gasteiger partial charge in [0.05, 0.1) is 0 Å². The second kappa shape index (κ2) is 5.68. The summed E-state index contributed by atoms with van der Waals surface area (Å²) >= 11 is 1.84. The minimum Gasteiger partial charge on any atom is -0.303 e. The summed E-state index contributed by atoms with van der Waals surface area (Å²) in [7, 11) is 0. The summed E-state index contributed by atoms with van der Waals surface area (Å²) in [5.41, 5.74) is 4.06. The maximum atomic E-state index is 3.68. The van der Waals surface area contributed by atoms with Gasteiger partial charge in [-0.1, -0.05) is 29.8 Å². The number of hydrogen-bond acceptors (Lipinski definition) is 2. The highest BCUT2D eigenvalue weighted by molar-refractivity contribution is 7.10. The van der Waals surface area contributed by atoms with Crippen molar-refractivity contribution < 1.29 is 0 Å². The van der Waals surface area contributed by atoms with Crippen LogP contribution in [0.1, 0.15) is 47.5 Å². The third-order valence-electron chi connectivity index (χ3n) is 3.34. The molecule has 0 saturated carbocycles. The lowest BCUT2D eigenvalue weighted by atomic mass is 10.0. The van der Waals surface area contributed by atoms with E-state index >= 15 is 0 Å². The summed E-state index contributed by atoms with van der Waals surface area (Å²) < 4.78 is 0. The number of nitrogens with one attached hydrogen (secondary N) is 1. The first-order chi connectivity index (χ1) is 8.58. The zero-order chi connectivity index (χ0) is 13.1. The molecule has 96 valence electrons. The zero-order valence-electron chi connectivity index (χ0n) is 11.5. The standard InChI is InChI=1S/C16H21NS/c1-11-6-5-7-15(10-11)13(3)17-14(4)16-12(2)8-9-18-16/h5-10,13-14,17H,1-4H3/t13-,14?/m1/s1. The predicted octanol–water partition coefficient (Wildman–Crippen LogP) is 4.78. The minimum atomic E-state index is 0.376. The molecule has 2 aromatic rings. The average Bonchev–Trinajstić information content (AvgIpc) is 2.75. The first-order valence-electron chi connectivity index (χ1n) is 6.44. The Morgan fingerprint density at radius 1 is 1.06 bits per heavy atom. The van der Waals surface area contributed by atoms with E-state index in [1.54, 1.807) is 0 Å². The third kappa shape index (κ3) is 3.01. The van der Waals surface area contributed by atoms with Crippen LogP contribution in [0.3, 0.4) is 0 Å². The summed E-state index contributed by atoms with van der Waals surface area (Å²) in [6, 6.07) is 11.7. The van der Waals surface area contributed by atoms with Crippen LogP contribution in [0.4, 0.5) is 0 Å². The van der Waals surface area contributed by atoms with Crippen molar-refractivity contribution in [3.05, 3.63) is 57.3 Å². The van der Waals surface area contributed by atoms with Crippen molar-refractivity contribution in [2.24, 2.45) is 0 Å². The number of rotatable bonds is 4. The van der Waals surface area contributed by atoms with E-state index in [0.717, 1.165) is 0 Å². The highest BCUT2D eigenvalue weighted by atomic mass is 32.1. The molecule has 1 aromatic heterocycles. The van der Waals surface area contributed by atoms with Gasteiger partial charge in [-0.25, -0.2) is 0 Å². The molecular weight excluding hydrogens is 238 g/mol. The van der Waals surface area contributed by atoms with Crippen LogP contribution in [-0.4, -0.2) is 0 Å². The molecule has 1 nitrogen and oxygen atoms in total. The molecule has 2 atom stereocenters. The topological polar surface area (TPSA) is 12.0 Å². The molecule has 1 N–H and O–H groups in total. The lowest BCUT2D eigenvalue weighted by Gasteiger charge is -2.20. The van der Waals surface area contributed by atoms with Crippen LogP contribution in [0.2, 0.25) is 0 Å². The van der Waals surface area contributed by atoms with Gasteiger partial charge in [0.2, 0.25) is 0 Å². The Hall–Kier alpha value is -1.12. The van der Waals surface area contributed by atoms with Crippen LogP contribution >= 0.6 is 11.3 Å². The van der Waals surface area contributed by atoms with Gasteiger partial charge in [-0.2, -0.15) is 0 Å². The number of benzene rings is 1. The highest BCUT2D eigenvalue weighted by Gasteiger charge is 2.13. The van der Waals surface area contributed by atoms with Gasteiger partial charge in [0.25, 0.3) is 0 Å². The first-order valence-corrected chi connectivity index (χ1v) is 7.32. The Kier molecular flexibility index (Phi) is 4.20. The molecule has 0 aliphatic heterocycles. The van der Waals surface area contributed by atoms with Gasteiger partial charge in [0, 0.05) is 17.0 Å². The maximum Gasteiger partial charge on any atom is 0.0393 e. The van der Waals surface area contributed by atoms with E-state index in [0.29, 0.717) is 12.1 Å². The molecule has 18 heavy (non-hydrogen) atoms. The van der Waals surface area contributed by atoms with E-state index < -0.39 is 0 Å². The van der Waals surface area contributed by atoms with Crippen molar-refractivity contribution in [3.63, 3.8) is 0 Å². The van der Waals surface area contributed by atoms with E-state index in [2.05, 4.69) is 68.7 Å². The van der Waals surface area contributed by atoms with Crippen LogP contribution in [0, 0.1) is 13.8 Å². The lowest BCUT2D eigenvalue weighted by Crippen LogP contribution is -2.22. The zero-order valence-corrected chi connectivity index (χ0v) is 12.3. The molecule has 0 aliphatic rings. The molecule has 1 heterocycles. The van der Waals surface area contributed by atoms with Gasteiger partial charge in [-0.05, 0) is 50.3 Å². The Bertz CT molecular complexity index is 515. The van der Waals surface area contributed by atoms with Crippen molar-refractivity contribution in [3.8, 4) is 0 Å². The summed E-state index contributed by atoms with van der Waals surface area (Å²) in [4.78, 5) is 1.44. The molecule has 2 heteroatoms. The smallest absolute Gasteiger partial charge is 0.0393 e. The molecule has 0 bridgehead atoms. The summed E-state index contributed by atoms with van der Waals surface area (Å²) in [5.74, 6) is 0. The highest BCUT2D eigenvalue weighted by Crippen LogP contribution is 2.26. The Morgan fingerprint density at radius 3 is 2.44 bits per heavy atom. The fourth-order valence-electron chi connectivity index (χ4n) is 2.31. The summed E-state index contributed by atoms with van der Waals surface area (Å²) in [5, 5.41) is 5.84. The van der Waals surface area contributed by atoms with Gasteiger partial charge in [-0.15, -0.1) is 11.3 Å². The van der Waals surface area contributed by atoms with E-state index in [1.165, 1.54) is 21.6 Å². The molecule has 1 aromatic carbocycles. The summed E-state index contributed by atoms with van der Waals surface area (Å²) in [6.45, 7) is 8.80. The van der Waals surface area contributed by atoms with Crippen LogP contribution in [0.15, 0.2) is 35.7 Å². The second-order valence-corrected chi connectivity index (χ2v) is 5.94. The Labute approximate surface area is 114 Å². The molecule has 1 unspecified atom stereocenters. The number of hydrogen-bond donors (Lipinski definition) is 1. The van der Waals surface area contributed by atoms with E-state index in [1.807, 2.05) is 11.3 Å². The molecule has 0 radical (unpaired) electrons. The van der Waals surface area contributed by atoms with Crippen molar-refractivity contribution >= 4 is 11.3 Å². The van der Waals surface area contributed by atoms with Crippen molar-refractivity contribution in [1.29, 1.82) is 0 Å². The van der Waals surface area contributed by atoms with Gasteiger partial charge >= 0.3 is 0 Å². The molecular formula is C16H21NS. The van der Waals surface area contributed by atoms with Crippen LogP contribution in [0.25, 0.3) is 0 Å². The SMILES string of the molecule is Cc1cccc([C@@H](C)NC(C)c2sccc2C)c1. The second-order valence-electron chi connectivity index (χ2n) is 4.99. The lowest BCUT2D eigenvalue weighted by molar-refractivity contribution is 0.498. The summed E-state index contributed by atoms with van der Waals surface area (Å²) in [6.07, 6.45) is 0. The first kappa shape index (κ1) is 13.3. The van der Waals surface area contributed by atoms with E-state index in [-0.39, 0.29) is 0 Å². The minimum absolute atomic E-state index is 0.376. The van der Waals surface area contributed by atoms with Crippen LogP contribution in [0.5, 0.6) is 0 Å². The van der Waals surface area contributed by atoms with E-state index in [9.17, 15) is 0 Å². The third-order valence-corrected chi connectivity index (χ3v) is 4.54. The van der Waals surface area contributed by atoms with Crippen molar-refractivity contribution in [1.82, 2.24) is 5.32 Å². The maximum absolute atomic E-state index is 3.68. The molecule has 2 rings (SSSR count). The molecule has 0 amide bonds. The number of thiophene rings is 1. The van der Waals surface area contributed by atoms with Gasteiger partial charge in [0.1, 0.15) is 0 Å². The Balaban J connectivity index is 2.08. The monoisotopic (exact) mass is 259 g/mol. The van der Waals surface area contributed by atoms with Gasteiger partial charge in [0.15, 0.2) is 0 Å². The van der Waals surface area contributed by atoms with Crippen molar-refractivity contribution in [2.75, 3.05) is 0 Å². The molecule has 0 spiro atoms. The fourth-order valence-corrected chi connectivity index (χ4v) is 3.26. The van der Waals surface area contributed by atoms with Crippen molar-refractivity contribution in [2.45, 2.75) is 39.8 Å². The average molecular weight is 259 g/mol. The Morgan fingerprint density at radius 2 is 1.83 bits per heavy atom. The number of aryl methyl sites for hydroxylation is 2. The predicted molar refractivity (Wildman–Crippen MR) is 80.2 cm³/mol. The van der Waals surface area contributed by atoms with Gasteiger partial charge in [-0.3, -0.25) is 0 Å².